The van der Waals surface area contributed by atoms with E-state index in [4.69, 9.17) is 15.2 Å². The lowest BCUT2D eigenvalue weighted by Gasteiger charge is -2.17. The van der Waals surface area contributed by atoms with Crippen molar-refractivity contribution < 1.29 is 28.6 Å². The van der Waals surface area contributed by atoms with Crippen molar-refractivity contribution in [1.29, 1.82) is 0 Å². The second-order valence-corrected chi connectivity index (χ2v) is 7.41. The fraction of sp³-hybridized carbons (Fsp3) is 0.280. The summed E-state index contributed by atoms with van der Waals surface area (Å²) in [6.07, 6.45) is 0.0891. The number of amidine groups is 1. The van der Waals surface area contributed by atoms with Gasteiger partial charge in [0.25, 0.3) is 5.91 Å². The van der Waals surface area contributed by atoms with Gasteiger partial charge in [-0.3, -0.25) is 9.59 Å². The number of carbonyl (C=O) groups is 3. The monoisotopic (exact) mass is 465 g/mol. The van der Waals surface area contributed by atoms with Crippen LogP contribution in [0.1, 0.15) is 30.0 Å². The van der Waals surface area contributed by atoms with Crippen LogP contribution in [-0.2, 0) is 30.2 Å². The number of carbonyl (C=O) groups excluding carboxylic acids is 3. The number of nitrogens with two attached hydrogens (primary N) is 1. The van der Waals surface area contributed by atoms with Gasteiger partial charge in [0.05, 0.1) is 32.9 Å². The number of aryl methyl sites for hydroxylation is 1. The lowest BCUT2D eigenvalue weighted by atomic mass is 10.0. The van der Waals surface area contributed by atoms with Gasteiger partial charge in [-0.25, -0.2) is 4.79 Å². The molecule has 1 heterocycles. The van der Waals surface area contributed by atoms with Crippen LogP contribution in [0.2, 0.25) is 0 Å². The fourth-order valence-corrected chi connectivity index (χ4v) is 3.53. The number of methoxy groups -OCH3 is 2. The maximum absolute atomic E-state index is 13.3. The number of amides is 2. The van der Waals surface area contributed by atoms with Gasteiger partial charge in [-0.15, -0.1) is 0 Å². The Morgan fingerprint density at radius 2 is 1.74 bits per heavy atom. The first-order valence-electron chi connectivity index (χ1n) is 10.7. The molecule has 2 aromatic rings. The van der Waals surface area contributed by atoms with Crippen molar-refractivity contribution in [2.24, 2.45) is 10.7 Å². The van der Waals surface area contributed by atoms with Crippen LogP contribution in [0.4, 0.5) is 10.5 Å². The largest absolute Gasteiger partial charge is 0.498 e. The summed E-state index contributed by atoms with van der Waals surface area (Å²) in [6, 6.07) is 14.3. The lowest BCUT2D eigenvalue weighted by Crippen LogP contribution is -2.26. The molecule has 2 N–H and O–H groups in total. The van der Waals surface area contributed by atoms with E-state index in [-0.39, 0.29) is 30.9 Å². The topological polar surface area (TPSA) is 121 Å². The molecule has 0 aromatic heterocycles. The maximum atomic E-state index is 13.3. The molecule has 0 fully saturated rings. The molecule has 2 aromatic carbocycles. The summed E-state index contributed by atoms with van der Waals surface area (Å²) in [5.41, 5.74) is 9.23. The van der Waals surface area contributed by atoms with Crippen LogP contribution in [0.25, 0.3) is 5.57 Å². The number of rotatable bonds is 8. The number of hydrogen-bond acceptors (Lipinski definition) is 6. The van der Waals surface area contributed by atoms with Gasteiger partial charge < -0.3 is 24.8 Å². The number of anilines is 1. The molecule has 0 saturated carbocycles. The van der Waals surface area contributed by atoms with Gasteiger partial charge in [0, 0.05) is 17.7 Å². The van der Waals surface area contributed by atoms with E-state index in [1.54, 1.807) is 36.1 Å². The Labute approximate surface area is 197 Å². The average Bonchev–Trinajstić information content (AvgIpc) is 3.19. The summed E-state index contributed by atoms with van der Waals surface area (Å²) in [7, 11) is 2.90. The molecule has 0 unspecified atom stereocenters. The number of benzene rings is 2. The molecular weight excluding hydrogens is 438 g/mol. The lowest BCUT2D eigenvalue weighted by molar-refractivity contribution is -0.140. The molecule has 0 spiro atoms. The highest BCUT2D eigenvalue weighted by Gasteiger charge is 2.33. The predicted octanol–water partition coefficient (Wildman–Crippen LogP) is 3.06. The smallest absolute Gasteiger partial charge is 0.435 e. The predicted molar refractivity (Wildman–Crippen MR) is 127 cm³/mol. The van der Waals surface area contributed by atoms with Crippen molar-refractivity contribution in [2.45, 2.75) is 19.8 Å². The van der Waals surface area contributed by atoms with E-state index < -0.39 is 6.09 Å². The van der Waals surface area contributed by atoms with Crippen molar-refractivity contribution in [3.63, 3.8) is 0 Å². The first-order valence-corrected chi connectivity index (χ1v) is 10.7. The van der Waals surface area contributed by atoms with Crippen molar-refractivity contribution >= 4 is 35.1 Å². The number of nitrogens with zero attached hydrogens (tertiary/aromatic N) is 2. The van der Waals surface area contributed by atoms with Crippen LogP contribution >= 0.6 is 0 Å². The number of aliphatic imine (C=N–C) groups is 1. The Morgan fingerprint density at radius 1 is 1.06 bits per heavy atom. The van der Waals surface area contributed by atoms with Gasteiger partial charge >= 0.3 is 12.1 Å². The van der Waals surface area contributed by atoms with E-state index >= 15 is 0 Å². The molecule has 9 heteroatoms. The van der Waals surface area contributed by atoms with Crippen LogP contribution in [0.3, 0.4) is 0 Å². The Morgan fingerprint density at radius 3 is 2.32 bits per heavy atom. The second-order valence-electron chi connectivity index (χ2n) is 7.41. The molecular formula is C25H27N3O6. The van der Waals surface area contributed by atoms with E-state index in [1.807, 2.05) is 24.3 Å². The summed E-state index contributed by atoms with van der Waals surface area (Å²) < 4.78 is 15.0. The fourth-order valence-electron chi connectivity index (χ4n) is 3.53. The molecule has 0 bridgehead atoms. The SMILES string of the molecule is CCOC(=O)N=C(N)c1ccc(N2CC(OC)=C(c3ccc(CCC(=O)OC)cc3)C2=O)cc1. The van der Waals surface area contributed by atoms with Crippen LogP contribution < -0.4 is 10.6 Å². The maximum Gasteiger partial charge on any atom is 0.435 e. The van der Waals surface area contributed by atoms with Crippen molar-refractivity contribution in [2.75, 3.05) is 32.3 Å². The third-order valence-electron chi connectivity index (χ3n) is 5.33. The average molecular weight is 466 g/mol. The highest BCUT2D eigenvalue weighted by Crippen LogP contribution is 2.32. The van der Waals surface area contributed by atoms with Crippen molar-refractivity contribution in [3.8, 4) is 0 Å². The van der Waals surface area contributed by atoms with Crippen LogP contribution in [0.5, 0.6) is 0 Å². The van der Waals surface area contributed by atoms with Crippen LogP contribution in [-0.4, -0.2) is 51.2 Å². The van der Waals surface area contributed by atoms with Gasteiger partial charge in [0.1, 0.15) is 11.6 Å². The summed E-state index contributed by atoms with van der Waals surface area (Å²) >= 11 is 0. The highest BCUT2D eigenvalue weighted by molar-refractivity contribution is 6.29. The van der Waals surface area contributed by atoms with E-state index in [9.17, 15) is 14.4 Å². The number of ether oxygens (including phenoxy) is 3. The zero-order valence-corrected chi connectivity index (χ0v) is 19.4. The van der Waals surface area contributed by atoms with Crippen molar-refractivity contribution in [3.05, 3.63) is 71.0 Å². The number of esters is 1. The van der Waals surface area contributed by atoms with E-state index in [1.165, 1.54) is 14.2 Å². The quantitative estimate of drug-likeness (QED) is 0.361. The van der Waals surface area contributed by atoms with Crippen LogP contribution in [0.15, 0.2) is 59.3 Å². The van der Waals surface area contributed by atoms with Gasteiger partial charge in [-0.1, -0.05) is 24.3 Å². The van der Waals surface area contributed by atoms with Crippen molar-refractivity contribution in [1.82, 2.24) is 0 Å². The normalized spacial score (nSPS) is 13.8. The Kier molecular flexibility index (Phi) is 8.02. The first kappa shape index (κ1) is 24.5. The minimum Gasteiger partial charge on any atom is -0.498 e. The van der Waals surface area contributed by atoms with E-state index in [0.29, 0.717) is 35.4 Å². The first-order chi connectivity index (χ1) is 16.4. The van der Waals surface area contributed by atoms with E-state index in [0.717, 1.165) is 11.1 Å². The second kappa shape index (κ2) is 11.1. The minimum atomic E-state index is -0.756. The molecule has 0 aliphatic carbocycles. The molecule has 9 nitrogen and oxygen atoms in total. The van der Waals surface area contributed by atoms with E-state index in [2.05, 4.69) is 9.73 Å². The minimum absolute atomic E-state index is 0.0291. The highest BCUT2D eigenvalue weighted by atomic mass is 16.5. The third kappa shape index (κ3) is 5.61. The zero-order chi connectivity index (χ0) is 24.7. The molecule has 0 radical (unpaired) electrons. The molecule has 0 saturated heterocycles. The summed E-state index contributed by atoms with van der Waals surface area (Å²) in [5, 5.41) is 0. The Hall–Kier alpha value is -4.14. The molecule has 1 aliphatic rings. The van der Waals surface area contributed by atoms with Gasteiger partial charge in [-0.2, -0.15) is 4.99 Å². The Balaban J connectivity index is 1.76. The molecule has 2 amide bonds. The summed E-state index contributed by atoms with van der Waals surface area (Å²) in [6.45, 7) is 2.17. The molecule has 3 rings (SSSR count). The standard InChI is InChI=1S/C25H27N3O6/c1-4-34-25(31)27-23(26)18-10-12-19(13-11-18)28-15-20(32-2)22(24(28)30)17-8-5-16(6-9-17)7-14-21(29)33-3/h5-6,8-13H,4,7,14-15H2,1-3H3,(H2,26,27,31). The van der Waals surface area contributed by atoms with Gasteiger partial charge in [-0.05, 0) is 48.7 Å². The zero-order valence-electron chi connectivity index (χ0n) is 19.4. The van der Waals surface area contributed by atoms with Gasteiger partial charge in [0.15, 0.2) is 0 Å². The molecule has 178 valence electrons. The molecule has 34 heavy (non-hydrogen) atoms. The Bertz CT molecular complexity index is 1120. The summed E-state index contributed by atoms with van der Waals surface area (Å²) in [4.78, 5) is 41.4. The van der Waals surface area contributed by atoms with Gasteiger partial charge in [0.2, 0.25) is 0 Å². The third-order valence-corrected chi connectivity index (χ3v) is 5.33. The molecule has 0 atom stereocenters. The molecule has 1 aliphatic heterocycles. The van der Waals surface area contributed by atoms with Crippen LogP contribution in [0, 0.1) is 0 Å². The summed E-state index contributed by atoms with van der Waals surface area (Å²) in [5.74, 6) is 0.122. The number of hydrogen-bond donors (Lipinski definition) is 1.